The van der Waals surface area contributed by atoms with Crippen molar-refractivity contribution in [1.82, 2.24) is 7.79 Å². The first-order chi connectivity index (χ1) is 11.2. The van der Waals surface area contributed by atoms with Crippen molar-refractivity contribution in [3.8, 4) is 0 Å². The van der Waals surface area contributed by atoms with Gasteiger partial charge >= 0.3 is 148 Å². The molecule has 0 bridgehead atoms. The third-order valence-corrected chi connectivity index (χ3v) is 17.1. The topological polar surface area (TPSA) is 49.6 Å². The van der Waals surface area contributed by atoms with E-state index in [9.17, 15) is 4.79 Å². The van der Waals surface area contributed by atoms with Gasteiger partial charge in [-0.05, 0) is 0 Å². The van der Waals surface area contributed by atoms with E-state index < -0.39 is 21.7 Å². The summed E-state index contributed by atoms with van der Waals surface area (Å²) in [6, 6.07) is 10.7. The predicted molar refractivity (Wildman–Crippen MR) is 95.5 cm³/mol. The second-order valence-electron chi connectivity index (χ2n) is 6.97. The molecule has 2 saturated heterocycles. The van der Waals surface area contributed by atoms with Crippen molar-refractivity contribution in [1.29, 1.82) is 0 Å². The van der Waals surface area contributed by atoms with Crippen molar-refractivity contribution >= 4 is 27.6 Å². The van der Waals surface area contributed by atoms with Crippen molar-refractivity contribution in [2.45, 2.75) is 33.5 Å². The Morgan fingerprint density at radius 3 is 2.57 bits per heavy atom. The molecule has 0 saturated carbocycles. The average molecular weight is 417 g/mol. The maximum absolute atomic E-state index is 11.8. The van der Waals surface area contributed by atoms with E-state index in [0.29, 0.717) is 0 Å². The summed E-state index contributed by atoms with van der Waals surface area (Å²) in [5.41, 5.74) is 7.11. The first-order valence-corrected chi connectivity index (χ1v) is 14.7. The Bertz CT molecular complexity index is 502. The van der Waals surface area contributed by atoms with Crippen LogP contribution in [-0.2, 0) is 11.2 Å². The number of rotatable bonds is 5. The standard InChI is InChI=1S/C12H17N2.C6H11NO.In/c1-2-4-12(5-3-1)6-9-14-10-7-13-8-11-14;1-2-3-4-5-6(7)8;/h1-5H,6-11H2;5H,1-4H2,(H2,7,8);/q-1;;+1. The number of nitrogens with zero attached hydrogens (tertiary/aromatic N) is 2. The summed E-state index contributed by atoms with van der Waals surface area (Å²) in [6.07, 6.45) is 4.75. The van der Waals surface area contributed by atoms with E-state index in [1.807, 2.05) is 0 Å². The first kappa shape index (κ1) is 17.3. The molecule has 124 valence electrons. The monoisotopic (exact) mass is 417 g/mol. The van der Waals surface area contributed by atoms with Crippen molar-refractivity contribution < 1.29 is 4.79 Å². The number of carbonyl (C=O) groups is 1. The van der Waals surface area contributed by atoms with Gasteiger partial charge in [0.25, 0.3) is 0 Å². The summed E-state index contributed by atoms with van der Waals surface area (Å²) in [7, 11) is 0. The molecule has 1 amide bonds. The van der Waals surface area contributed by atoms with E-state index in [2.05, 4.69) is 38.1 Å². The molecule has 2 fully saturated rings. The fourth-order valence-electron chi connectivity index (χ4n) is 4.13. The molecule has 4 nitrogen and oxygen atoms in total. The Hall–Kier alpha value is -0.520. The summed E-state index contributed by atoms with van der Waals surface area (Å²) in [6.45, 7) is 5.80. The summed E-state index contributed by atoms with van der Waals surface area (Å²) in [5.74, 6) is -0.00277. The van der Waals surface area contributed by atoms with E-state index in [1.54, 1.807) is 0 Å². The molecule has 3 rings (SSSR count). The van der Waals surface area contributed by atoms with Crippen LogP contribution < -0.4 is 5.73 Å². The van der Waals surface area contributed by atoms with Gasteiger partial charge in [0, 0.05) is 0 Å². The number of nitrogens with two attached hydrogens (primary N) is 1. The Kier molecular flexibility index (Phi) is 6.43. The van der Waals surface area contributed by atoms with Gasteiger partial charge in [-0.1, -0.05) is 0 Å². The van der Waals surface area contributed by atoms with Crippen molar-refractivity contribution in [2.75, 3.05) is 32.7 Å². The van der Waals surface area contributed by atoms with Gasteiger partial charge in [0.05, 0.1) is 0 Å². The molecule has 1 unspecified atom stereocenters. The van der Waals surface area contributed by atoms with E-state index >= 15 is 0 Å². The van der Waals surface area contributed by atoms with Crippen LogP contribution in [0.2, 0.25) is 7.85 Å². The number of primary amides is 1. The van der Waals surface area contributed by atoms with Crippen LogP contribution in [0.3, 0.4) is 0 Å². The predicted octanol–water partition coefficient (Wildman–Crippen LogP) is 1.88. The molecule has 5 heteroatoms. The van der Waals surface area contributed by atoms with E-state index in [1.165, 1.54) is 35.7 Å². The maximum atomic E-state index is 11.8. The van der Waals surface area contributed by atoms with Crippen molar-refractivity contribution in [2.24, 2.45) is 5.73 Å². The molecular formula is C18H28InN3O. The van der Waals surface area contributed by atoms with Crippen LogP contribution in [0.4, 0.5) is 0 Å². The minimum absolute atomic E-state index is 0.00277. The van der Waals surface area contributed by atoms with Crippen LogP contribution in [0, 0.1) is 0 Å². The molecule has 0 aliphatic carbocycles. The summed E-state index contributed by atoms with van der Waals surface area (Å²) in [5, 5.41) is 0. The van der Waals surface area contributed by atoms with E-state index in [4.69, 9.17) is 5.73 Å². The number of piperazine rings is 1. The van der Waals surface area contributed by atoms with Gasteiger partial charge in [-0.3, -0.25) is 0 Å². The van der Waals surface area contributed by atoms with Gasteiger partial charge in [0.15, 0.2) is 0 Å². The number of carbonyl (C=O) groups excluding carboxylic acids is 1. The fraction of sp³-hybridized carbons (Fsp3) is 0.611. The molecule has 1 aromatic carbocycles. The Morgan fingerprint density at radius 2 is 1.87 bits per heavy atom. The van der Waals surface area contributed by atoms with Crippen molar-refractivity contribution in [3.63, 3.8) is 0 Å². The summed E-state index contributed by atoms with van der Waals surface area (Å²) < 4.78 is 4.36. The summed E-state index contributed by atoms with van der Waals surface area (Å²) >= 11 is -1.94. The second-order valence-corrected chi connectivity index (χ2v) is 16.2. The fourth-order valence-corrected chi connectivity index (χ4v) is 15.2. The van der Waals surface area contributed by atoms with Gasteiger partial charge in [-0.15, -0.1) is 0 Å². The zero-order valence-corrected chi connectivity index (χ0v) is 17.3. The number of benzene rings is 1. The number of hydrogen-bond acceptors (Lipinski definition) is 3. The molecule has 0 radical (unpaired) electrons. The average Bonchev–Trinajstić information content (AvgIpc) is 2.61. The summed E-state index contributed by atoms with van der Waals surface area (Å²) in [4.78, 5) is 14.3. The molecule has 23 heavy (non-hydrogen) atoms. The van der Waals surface area contributed by atoms with Gasteiger partial charge in [0.1, 0.15) is 0 Å². The molecule has 1 aromatic rings. The number of hydrogen-bond donors (Lipinski definition) is 1. The molecule has 2 aliphatic rings. The molecule has 1 atom stereocenters. The van der Waals surface area contributed by atoms with Crippen LogP contribution in [0.25, 0.3) is 0 Å². The zero-order valence-electron chi connectivity index (χ0n) is 14.0. The normalized spacial score (nSPS) is 23.8. The third kappa shape index (κ3) is 4.74. The molecule has 2 heterocycles. The van der Waals surface area contributed by atoms with Crippen LogP contribution in [0.15, 0.2) is 30.3 Å². The molecule has 2 N–H and O–H groups in total. The zero-order chi connectivity index (χ0) is 16.1. The first-order valence-electron chi connectivity index (χ1n) is 9.03. The van der Waals surface area contributed by atoms with Crippen LogP contribution in [0.1, 0.15) is 24.8 Å². The Balaban J connectivity index is 1.47. The third-order valence-electron chi connectivity index (χ3n) is 5.53. The van der Waals surface area contributed by atoms with Crippen LogP contribution in [-0.4, -0.2) is 68.1 Å². The Labute approximate surface area is 147 Å². The van der Waals surface area contributed by atoms with Gasteiger partial charge in [-0.25, -0.2) is 0 Å². The van der Waals surface area contributed by atoms with E-state index in [0.717, 1.165) is 32.5 Å². The molecule has 2 aliphatic heterocycles. The number of amides is 1. The Morgan fingerprint density at radius 1 is 1.13 bits per heavy atom. The SMILES string of the molecule is NC(=O)[CH]1CCC[CH2][In]1[N]1CCN(CCc2ccccc2)CC1. The van der Waals surface area contributed by atoms with E-state index in [-0.39, 0.29) is 9.58 Å². The van der Waals surface area contributed by atoms with Crippen molar-refractivity contribution in [3.05, 3.63) is 35.9 Å². The molecule has 0 aromatic heterocycles. The molecular weight excluding hydrogens is 389 g/mol. The quantitative estimate of drug-likeness (QED) is 0.796. The molecule has 0 spiro atoms. The van der Waals surface area contributed by atoms with Gasteiger partial charge in [-0.2, -0.15) is 0 Å². The van der Waals surface area contributed by atoms with Gasteiger partial charge < -0.3 is 0 Å². The second kappa shape index (κ2) is 8.54. The van der Waals surface area contributed by atoms with Crippen LogP contribution in [0.5, 0.6) is 0 Å². The minimum atomic E-state index is -1.94. The van der Waals surface area contributed by atoms with Crippen LogP contribution >= 0.6 is 0 Å². The van der Waals surface area contributed by atoms with Gasteiger partial charge in [0.2, 0.25) is 0 Å².